The van der Waals surface area contributed by atoms with Gasteiger partial charge in [-0.3, -0.25) is 0 Å². The molecule has 4 heteroatoms. The molecule has 1 heterocycles. The van der Waals surface area contributed by atoms with E-state index in [0.29, 0.717) is 0 Å². The molecule has 0 radical (unpaired) electrons. The average molecular weight is 264 g/mol. The second-order valence-corrected chi connectivity index (χ2v) is 4.70. The molecule has 0 aliphatic heterocycles. The quantitative estimate of drug-likeness (QED) is 0.868. The van der Waals surface area contributed by atoms with Crippen LogP contribution in [0.2, 0.25) is 5.02 Å². The summed E-state index contributed by atoms with van der Waals surface area (Å²) in [5.41, 5.74) is 1.29. The van der Waals surface area contributed by atoms with Crippen molar-refractivity contribution in [2.45, 2.75) is 19.4 Å². The highest BCUT2D eigenvalue weighted by Gasteiger charge is 2.03. The second kappa shape index (κ2) is 6.57. The molecule has 0 saturated heterocycles. The van der Waals surface area contributed by atoms with Crippen molar-refractivity contribution < 1.29 is 0 Å². The zero-order chi connectivity index (χ0) is 12.8. The van der Waals surface area contributed by atoms with Gasteiger partial charge in [0.1, 0.15) is 5.82 Å². The minimum absolute atomic E-state index is 0.786. The Balaban J connectivity index is 1.93. The SMILES string of the molecule is CNCCn1ccnc1CCc1ccc(Cl)cc1. The van der Waals surface area contributed by atoms with Crippen LogP contribution in [0.1, 0.15) is 11.4 Å². The number of aryl methyl sites for hydroxylation is 2. The summed E-state index contributed by atoms with van der Waals surface area (Å²) in [6.07, 6.45) is 5.85. The van der Waals surface area contributed by atoms with Gasteiger partial charge in [-0.2, -0.15) is 0 Å². The molecule has 18 heavy (non-hydrogen) atoms. The molecule has 96 valence electrons. The van der Waals surface area contributed by atoms with Crippen molar-refractivity contribution in [3.8, 4) is 0 Å². The maximum atomic E-state index is 5.87. The maximum absolute atomic E-state index is 5.87. The smallest absolute Gasteiger partial charge is 0.108 e. The van der Waals surface area contributed by atoms with Gasteiger partial charge in [-0.1, -0.05) is 23.7 Å². The van der Waals surface area contributed by atoms with Crippen LogP contribution in [0.3, 0.4) is 0 Å². The Morgan fingerprint density at radius 2 is 2.00 bits per heavy atom. The van der Waals surface area contributed by atoms with E-state index in [4.69, 9.17) is 11.6 Å². The van der Waals surface area contributed by atoms with Gasteiger partial charge in [-0.15, -0.1) is 0 Å². The van der Waals surface area contributed by atoms with Gasteiger partial charge in [-0.05, 0) is 31.2 Å². The summed E-state index contributed by atoms with van der Waals surface area (Å²) in [6, 6.07) is 8.02. The first-order chi connectivity index (χ1) is 8.79. The van der Waals surface area contributed by atoms with Crippen LogP contribution >= 0.6 is 11.6 Å². The Bertz CT molecular complexity index is 476. The molecule has 0 fully saturated rings. The molecule has 2 rings (SSSR count). The molecule has 0 aliphatic rings. The highest BCUT2D eigenvalue weighted by Crippen LogP contribution is 2.11. The van der Waals surface area contributed by atoms with Crippen molar-refractivity contribution in [3.05, 3.63) is 53.1 Å². The van der Waals surface area contributed by atoms with Crippen molar-refractivity contribution in [3.63, 3.8) is 0 Å². The van der Waals surface area contributed by atoms with E-state index < -0.39 is 0 Å². The number of rotatable bonds is 6. The van der Waals surface area contributed by atoms with E-state index in [0.717, 1.165) is 36.8 Å². The maximum Gasteiger partial charge on any atom is 0.108 e. The van der Waals surface area contributed by atoms with E-state index in [2.05, 4.69) is 27.0 Å². The van der Waals surface area contributed by atoms with E-state index in [1.807, 2.05) is 31.6 Å². The highest BCUT2D eigenvalue weighted by atomic mass is 35.5. The average Bonchev–Trinajstić information content (AvgIpc) is 2.83. The summed E-state index contributed by atoms with van der Waals surface area (Å²) in [5.74, 6) is 1.14. The predicted molar refractivity (Wildman–Crippen MR) is 75.0 cm³/mol. The molecule has 0 bridgehead atoms. The molecule has 1 aromatic heterocycles. The second-order valence-electron chi connectivity index (χ2n) is 4.27. The first-order valence-corrected chi connectivity index (χ1v) is 6.56. The summed E-state index contributed by atoms with van der Waals surface area (Å²) in [7, 11) is 1.96. The van der Waals surface area contributed by atoms with Crippen molar-refractivity contribution in [2.75, 3.05) is 13.6 Å². The molecule has 1 aromatic carbocycles. The van der Waals surface area contributed by atoms with Crippen LogP contribution in [0.5, 0.6) is 0 Å². The zero-order valence-electron chi connectivity index (χ0n) is 10.6. The lowest BCUT2D eigenvalue weighted by atomic mass is 10.1. The number of nitrogens with zero attached hydrogens (tertiary/aromatic N) is 2. The Labute approximate surface area is 113 Å². The zero-order valence-corrected chi connectivity index (χ0v) is 11.3. The van der Waals surface area contributed by atoms with Crippen LogP contribution in [0.15, 0.2) is 36.7 Å². The molecule has 0 aliphatic carbocycles. The van der Waals surface area contributed by atoms with Gasteiger partial charge in [0.25, 0.3) is 0 Å². The van der Waals surface area contributed by atoms with Crippen LogP contribution < -0.4 is 5.32 Å². The fraction of sp³-hybridized carbons (Fsp3) is 0.357. The van der Waals surface area contributed by atoms with Gasteiger partial charge < -0.3 is 9.88 Å². The van der Waals surface area contributed by atoms with Crippen LogP contribution in [0, 0.1) is 0 Å². The first-order valence-electron chi connectivity index (χ1n) is 6.18. The third-order valence-electron chi connectivity index (χ3n) is 2.95. The number of nitrogens with one attached hydrogen (secondary N) is 1. The lowest BCUT2D eigenvalue weighted by Crippen LogP contribution is -2.16. The molecule has 0 amide bonds. The largest absolute Gasteiger partial charge is 0.334 e. The van der Waals surface area contributed by atoms with Gasteiger partial charge in [-0.25, -0.2) is 4.98 Å². The molecular formula is C14H18ClN3. The molecule has 0 unspecified atom stereocenters. The summed E-state index contributed by atoms with van der Waals surface area (Å²) in [6.45, 7) is 1.93. The number of benzene rings is 1. The minimum atomic E-state index is 0.786. The molecule has 0 spiro atoms. The third-order valence-corrected chi connectivity index (χ3v) is 3.21. The number of aromatic nitrogens is 2. The molecule has 3 nitrogen and oxygen atoms in total. The summed E-state index contributed by atoms with van der Waals surface area (Å²) in [4.78, 5) is 4.41. The fourth-order valence-corrected chi connectivity index (χ4v) is 2.04. The van der Waals surface area contributed by atoms with Gasteiger partial charge >= 0.3 is 0 Å². The lowest BCUT2D eigenvalue weighted by Gasteiger charge is -2.07. The molecular weight excluding hydrogens is 246 g/mol. The standard InChI is InChI=1S/C14H18ClN3/c1-16-8-10-18-11-9-17-14(18)7-4-12-2-5-13(15)6-3-12/h2-3,5-6,9,11,16H,4,7-8,10H2,1H3. The van der Waals surface area contributed by atoms with Gasteiger partial charge in [0, 0.05) is 36.9 Å². The topological polar surface area (TPSA) is 29.9 Å². The summed E-state index contributed by atoms with van der Waals surface area (Å²) in [5, 5.41) is 3.94. The van der Waals surface area contributed by atoms with Gasteiger partial charge in [0.05, 0.1) is 0 Å². The van der Waals surface area contributed by atoms with Crippen molar-refractivity contribution >= 4 is 11.6 Å². The Hall–Kier alpha value is -1.32. The number of hydrogen-bond donors (Lipinski definition) is 1. The molecule has 0 saturated carbocycles. The van der Waals surface area contributed by atoms with Crippen molar-refractivity contribution in [1.29, 1.82) is 0 Å². The normalized spacial score (nSPS) is 10.8. The third kappa shape index (κ3) is 3.59. The van der Waals surface area contributed by atoms with E-state index in [9.17, 15) is 0 Å². The van der Waals surface area contributed by atoms with E-state index in [1.54, 1.807) is 0 Å². The number of halogens is 1. The highest BCUT2D eigenvalue weighted by molar-refractivity contribution is 6.30. The van der Waals surface area contributed by atoms with Crippen molar-refractivity contribution in [2.24, 2.45) is 0 Å². The van der Waals surface area contributed by atoms with E-state index in [1.165, 1.54) is 5.56 Å². The van der Waals surface area contributed by atoms with Crippen LogP contribution in [0.25, 0.3) is 0 Å². The first kappa shape index (κ1) is 13.1. The number of hydrogen-bond acceptors (Lipinski definition) is 2. The van der Waals surface area contributed by atoms with Gasteiger partial charge in [0.15, 0.2) is 0 Å². The minimum Gasteiger partial charge on any atom is -0.334 e. The van der Waals surface area contributed by atoms with E-state index >= 15 is 0 Å². The fourth-order valence-electron chi connectivity index (χ4n) is 1.91. The monoisotopic (exact) mass is 263 g/mol. The van der Waals surface area contributed by atoms with Crippen LogP contribution in [-0.4, -0.2) is 23.1 Å². The lowest BCUT2D eigenvalue weighted by molar-refractivity contribution is 0.612. The summed E-state index contributed by atoms with van der Waals surface area (Å²) < 4.78 is 2.20. The Kier molecular flexibility index (Phi) is 4.79. The Morgan fingerprint density at radius 1 is 1.22 bits per heavy atom. The molecule has 0 atom stereocenters. The molecule has 1 N–H and O–H groups in total. The molecule has 2 aromatic rings. The Morgan fingerprint density at radius 3 is 2.72 bits per heavy atom. The van der Waals surface area contributed by atoms with Crippen molar-refractivity contribution in [1.82, 2.24) is 14.9 Å². The predicted octanol–water partition coefficient (Wildman–Crippen LogP) is 2.54. The number of imidazole rings is 1. The van der Waals surface area contributed by atoms with E-state index in [-0.39, 0.29) is 0 Å². The number of likely N-dealkylation sites (N-methyl/N-ethyl adjacent to an activating group) is 1. The summed E-state index contributed by atoms with van der Waals surface area (Å²) >= 11 is 5.87. The van der Waals surface area contributed by atoms with Crippen LogP contribution in [0.4, 0.5) is 0 Å². The van der Waals surface area contributed by atoms with Crippen LogP contribution in [-0.2, 0) is 19.4 Å². The van der Waals surface area contributed by atoms with Gasteiger partial charge in [0.2, 0.25) is 0 Å².